The van der Waals surface area contributed by atoms with Crippen LogP contribution in [0.3, 0.4) is 0 Å². The van der Waals surface area contributed by atoms with Gasteiger partial charge >= 0.3 is 0 Å². The molecule has 1 aliphatic carbocycles. The largest absolute Gasteiger partial charge is 0.394 e. The highest BCUT2D eigenvalue weighted by molar-refractivity contribution is 7.13. The fourth-order valence-electron chi connectivity index (χ4n) is 5.09. The summed E-state index contributed by atoms with van der Waals surface area (Å²) in [6, 6.07) is 1.92. The summed E-state index contributed by atoms with van der Waals surface area (Å²) in [4.78, 5) is 21.4. The lowest BCUT2D eigenvalue weighted by molar-refractivity contribution is -0.172. The Balaban J connectivity index is 1.39. The number of carbonyl (C=O) groups is 1. The zero-order chi connectivity index (χ0) is 32.2. The average molecular weight is 648 g/mol. The molecule has 0 bridgehead atoms. The first kappa shape index (κ1) is 32.7. The molecule has 5 unspecified atom stereocenters. The van der Waals surface area contributed by atoms with Crippen LogP contribution in [0.1, 0.15) is 68.7 Å². The molecule has 4 aromatic rings. The molecular weight excluding hydrogens is 612 g/mol. The van der Waals surface area contributed by atoms with E-state index in [0.29, 0.717) is 10.6 Å². The lowest BCUT2D eigenvalue weighted by Crippen LogP contribution is -2.43. The number of hydrogen-bond acceptors (Lipinski definition) is 11. The summed E-state index contributed by atoms with van der Waals surface area (Å²) in [6.07, 6.45) is 2.98. The first-order chi connectivity index (χ1) is 21.5. The highest BCUT2D eigenvalue weighted by atomic mass is 32.1. The van der Waals surface area contributed by atoms with Crippen LogP contribution in [0.4, 0.5) is 14.5 Å². The van der Waals surface area contributed by atoms with Gasteiger partial charge < -0.3 is 30.5 Å². The maximum atomic E-state index is 14.7. The second-order valence-corrected chi connectivity index (χ2v) is 11.9. The number of carbonyl (C=O) groups excluding carboxylic acids is 1. The van der Waals surface area contributed by atoms with E-state index in [1.165, 1.54) is 29.4 Å². The second-order valence-electron chi connectivity index (χ2n) is 11.1. The monoisotopic (exact) mass is 647 g/mol. The van der Waals surface area contributed by atoms with Crippen LogP contribution in [0.25, 0.3) is 22.0 Å². The maximum absolute atomic E-state index is 14.7. The smallest absolute Gasteiger partial charge is 0.275 e. The van der Waals surface area contributed by atoms with E-state index < -0.39 is 48.3 Å². The van der Waals surface area contributed by atoms with Gasteiger partial charge in [-0.2, -0.15) is 14.6 Å². The van der Waals surface area contributed by atoms with E-state index in [9.17, 15) is 34.0 Å². The lowest BCUT2D eigenvalue weighted by Gasteiger charge is -2.30. The molecular formula is C29H35F2N7O6S. The number of aliphatic hydroxyl groups is 4. The van der Waals surface area contributed by atoms with Gasteiger partial charge in [0.15, 0.2) is 12.0 Å². The molecule has 0 spiro atoms. The number of amides is 1. The van der Waals surface area contributed by atoms with E-state index in [4.69, 9.17) is 4.74 Å². The molecule has 13 nitrogen and oxygen atoms in total. The van der Waals surface area contributed by atoms with Crippen molar-refractivity contribution < 1.29 is 38.7 Å². The highest BCUT2D eigenvalue weighted by Gasteiger charge is 2.33. The van der Waals surface area contributed by atoms with Crippen molar-refractivity contribution in [1.82, 2.24) is 29.5 Å². The van der Waals surface area contributed by atoms with Crippen LogP contribution in [-0.4, -0.2) is 86.9 Å². The van der Waals surface area contributed by atoms with Crippen molar-refractivity contribution in [3.8, 4) is 22.0 Å². The minimum atomic E-state index is -1.59. The summed E-state index contributed by atoms with van der Waals surface area (Å²) < 4.78 is 37.3. The van der Waals surface area contributed by atoms with Gasteiger partial charge in [-0.3, -0.25) is 9.48 Å². The minimum absolute atomic E-state index is 0.00347. The summed E-state index contributed by atoms with van der Waals surface area (Å²) in [5, 5.41) is 53.5. The normalized spacial score (nSPS) is 17.5. The minimum Gasteiger partial charge on any atom is -0.394 e. The van der Waals surface area contributed by atoms with Crippen LogP contribution in [0.2, 0.25) is 0 Å². The van der Waals surface area contributed by atoms with Gasteiger partial charge in [0.2, 0.25) is 5.95 Å². The Labute approximate surface area is 261 Å². The Morgan fingerprint density at radius 3 is 2.56 bits per heavy atom. The summed E-state index contributed by atoms with van der Waals surface area (Å²) in [5.74, 6) is -2.28. The van der Waals surface area contributed by atoms with E-state index in [-0.39, 0.29) is 35.4 Å². The molecule has 242 valence electrons. The first-order valence-corrected chi connectivity index (χ1v) is 15.5. The number of hydrogen-bond donors (Lipinski definition) is 5. The second kappa shape index (κ2) is 14.2. The Morgan fingerprint density at radius 1 is 1.09 bits per heavy atom. The Hall–Kier alpha value is -3.67. The standard InChI is InChI=1S/C29H35F2N7O6S/c1-15(13-39)44-29(26(42)25(41)16(2)40)38-11-17(10-32-38)28-34-21(14-45-28)27(43)33-20-12-37(18-6-4-3-5-7-18)36-24(20)23-19(30)8-9-22(31)35-23/h8-12,14-16,18,25-26,29,39-42H,3-7,13H2,1-2H3,(H,33,43). The van der Waals surface area contributed by atoms with Crippen molar-refractivity contribution in [2.24, 2.45) is 0 Å². The number of aliphatic hydroxyl groups excluding tert-OH is 4. The third-order valence-corrected chi connectivity index (χ3v) is 8.47. The van der Waals surface area contributed by atoms with Gasteiger partial charge in [-0.1, -0.05) is 19.3 Å². The molecule has 4 heterocycles. The Bertz CT molecular complexity index is 1610. The predicted octanol–water partition coefficient (Wildman–Crippen LogP) is 3.30. The van der Waals surface area contributed by atoms with E-state index in [2.05, 4.69) is 25.5 Å². The van der Waals surface area contributed by atoms with Gasteiger partial charge in [0.05, 0.1) is 36.7 Å². The van der Waals surface area contributed by atoms with Crippen molar-refractivity contribution in [2.75, 3.05) is 11.9 Å². The van der Waals surface area contributed by atoms with Crippen molar-refractivity contribution in [2.45, 2.75) is 82.6 Å². The number of rotatable bonds is 12. The van der Waals surface area contributed by atoms with Gasteiger partial charge in [-0.15, -0.1) is 11.3 Å². The Morgan fingerprint density at radius 2 is 1.84 bits per heavy atom. The fraction of sp³-hybridized carbons (Fsp3) is 0.483. The van der Waals surface area contributed by atoms with Crippen LogP contribution in [0.5, 0.6) is 0 Å². The molecule has 1 aliphatic rings. The van der Waals surface area contributed by atoms with Crippen molar-refractivity contribution in [3.05, 3.63) is 53.6 Å². The van der Waals surface area contributed by atoms with Gasteiger partial charge in [0.1, 0.15) is 34.3 Å². The number of ether oxygens (including phenoxy) is 1. The number of halogens is 2. The van der Waals surface area contributed by atoms with Gasteiger partial charge in [-0.25, -0.2) is 19.0 Å². The van der Waals surface area contributed by atoms with Crippen molar-refractivity contribution >= 4 is 22.9 Å². The predicted molar refractivity (Wildman–Crippen MR) is 159 cm³/mol. The third-order valence-electron chi connectivity index (χ3n) is 7.58. The molecule has 0 aromatic carbocycles. The van der Waals surface area contributed by atoms with Gasteiger partial charge in [0.25, 0.3) is 5.91 Å². The molecule has 1 fully saturated rings. The SMILES string of the molecule is CC(CO)OC(C(O)C(O)C(C)O)n1cc(-c2nc(C(=O)Nc3cn(C4CCCCC4)nc3-c3nc(F)ccc3F)cs2)cn1. The van der Waals surface area contributed by atoms with Gasteiger partial charge in [-0.05, 0) is 38.8 Å². The average Bonchev–Trinajstić information content (AvgIpc) is 3.81. The Kier molecular flexibility index (Phi) is 10.3. The maximum Gasteiger partial charge on any atom is 0.275 e. The number of nitrogens with one attached hydrogen (secondary N) is 1. The number of anilines is 1. The highest BCUT2D eigenvalue weighted by Crippen LogP contribution is 2.34. The number of nitrogens with zero attached hydrogens (tertiary/aromatic N) is 6. The molecule has 5 N–H and O–H groups in total. The molecule has 1 amide bonds. The number of pyridine rings is 1. The summed E-state index contributed by atoms with van der Waals surface area (Å²) in [6.45, 7) is 2.51. The molecule has 5 atom stereocenters. The zero-order valence-electron chi connectivity index (χ0n) is 24.6. The van der Waals surface area contributed by atoms with E-state index in [1.807, 2.05) is 0 Å². The summed E-state index contributed by atoms with van der Waals surface area (Å²) >= 11 is 1.14. The van der Waals surface area contributed by atoms with E-state index in [0.717, 1.165) is 55.6 Å². The van der Waals surface area contributed by atoms with Crippen molar-refractivity contribution in [1.29, 1.82) is 0 Å². The fourth-order valence-corrected chi connectivity index (χ4v) is 5.87. The summed E-state index contributed by atoms with van der Waals surface area (Å²) in [7, 11) is 0. The molecule has 16 heteroatoms. The molecule has 0 saturated heterocycles. The molecule has 0 aliphatic heterocycles. The third kappa shape index (κ3) is 7.43. The molecule has 45 heavy (non-hydrogen) atoms. The van der Waals surface area contributed by atoms with E-state index >= 15 is 0 Å². The molecule has 5 rings (SSSR count). The van der Waals surface area contributed by atoms with Crippen LogP contribution >= 0.6 is 11.3 Å². The zero-order valence-corrected chi connectivity index (χ0v) is 25.4. The quantitative estimate of drug-likeness (QED) is 0.143. The topological polar surface area (TPSA) is 181 Å². The van der Waals surface area contributed by atoms with Crippen molar-refractivity contribution in [3.63, 3.8) is 0 Å². The van der Waals surface area contributed by atoms with Crippen LogP contribution in [-0.2, 0) is 4.74 Å². The van der Waals surface area contributed by atoms with Crippen LogP contribution in [0, 0.1) is 11.8 Å². The molecule has 4 aromatic heterocycles. The lowest BCUT2D eigenvalue weighted by atomic mass is 9.96. The number of thiazole rings is 1. The van der Waals surface area contributed by atoms with Crippen LogP contribution < -0.4 is 5.32 Å². The summed E-state index contributed by atoms with van der Waals surface area (Å²) in [5.41, 5.74) is 0.344. The number of aromatic nitrogens is 6. The van der Waals surface area contributed by atoms with Crippen LogP contribution in [0.15, 0.2) is 36.1 Å². The van der Waals surface area contributed by atoms with Gasteiger partial charge in [0, 0.05) is 23.3 Å². The first-order valence-electron chi connectivity index (χ1n) is 14.6. The molecule has 1 saturated carbocycles. The van der Waals surface area contributed by atoms with E-state index in [1.54, 1.807) is 17.8 Å². The molecule has 0 radical (unpaired) electrons.